The van der Waals surface area contributed by atoms with E-state index in [4.69, 9.17) is 18.9 Å². The minimum absolute atomic E-state index is 0.0238. The van der Waals surface area contributed by atoms with Gasteiger partial charge in [0.2, 0.25) is 17.5 Å². The molecule has 1 atom stereocenters. The zero-order chi connectivity index (χ0) is 14.7. The van der Waals surface area contributed by atoms with Gasteiger partial charge in [-0.05, 0) is 13.3 Å². The number of rotatable bonds is 5. The van der Waals surface area contributed by atoms with Crippen LogP contribution in [0, 0.1) is 0 Å². The van der Waals surface area contributed by atoms with Crippen molar-refractivity contribution in [2.24, 2.45) is 0 Å². The van der Waals surface area contributed by atoms with Crippen molar-refractivity contribution >= 4 is 5.97 Å². The highest BCUT2D eigenvalue weighted by molar-refractivity contribution is 5.90. The van der Waals surface area contributed by atoms with Crippen LogP contribution in [0.15, 0.2) is 17.4 Å². The second kappa shape index (κ2) is 5.77. The van der Waals surface area contributed by atoms with E-state index in [0.717, 1.165) is 5.57 Å². The molecule has 0 aromatic carbocycles. The van der Waals surface area contributed by atoms with Gasteiger partial charge in [0.15, 0.2) is 0 Å². The van der Waals surface area contributed by atoms with Gasteiger partial charge in [0, 0.05) is 5.57 Å². The van der Waals surface area contributed by atoms with Gasteiger partial charge in [-0.2, -0.15) is 9.97 Å². The van der Waals surface area contributed by atoms with Crippen molar-refractivity contribution in [3.05, 3.63) is 17.4 Å². The van der Waals surface area contributed by atoms with Crippen LogP contribution in [0.3, 0.4) is 0 Å². The fourth-order valence-corrected chi connectivity index (χ4v) is 1.82. The lowest BCUT2D eigenvalue weighted by atomic mass is 10.1. The van der Waals surface area contributed by atoms with Gasteiger partial charge in [-0.25, -0.2) is 4.79 Å². The van der Waals surface area contributed by atoms with E-state index in [9.17, 15) is 4.79 Å². The predicted octanol–water partition coefficient (Wildman–Crippen LogP) is 1.48. The SMILES string of the molecule is CCC1OC(=O)C(Oc2nc(OC)cc(OC)n2)=C1C. The molecule has 0 aliphatic carbocycles. The fourth-order valence-electron chi connectivity index (χ4n) is 1.82. The third-order valence-electron chi connectivity index (χ3n) is 2.92. The van der Waals surface area contributed by atoms with Crippen molar-refractivity contribution in [2.45, 2.75) is 26.4 Å². The molecule has 0 saturated carbocycles. The Morgan fingerprint density at radius 2 is 1.85 bits per heavy atom. The maximum Gasteiger partial charge on any atom is 0.375 e. The third kappa shape index (κ3) is 2.66. The molecule has 0 spiro atoms. The van der Waals surface area contributed by atoms with Crippen LogP contribution in [0.25, 0.3) is 0 Å². The molecule has 0 amide bonds. The molecule has 0 N–H and O–H groups in total. The highest BCUT2D eigenvalue weighted by atomic mass is 16.6. The molecule has 2 rings (SSSR count). The first-order chi connectivity index (χ1) is 9.58. The number of nitrogens with zero attached hydrogens (tertiary/aromatic N) is 2. The van der Waals surface area contributed by atoms with E-state index >= 15 is 0 Å². The largest absolute Gasteiger partial charge is 0.481 e. The number of ether oxygens (including phenoxy) is 4. The summed E-state index contributed by atoms with van der Waals surface area (Å²) in [5.41, 5.74) is 0.725. The number of cyclic esters (lactones) is 1. The highest BCUT2D eigenvalue weighted by Gasteiger charge is 2.33. The Hall–Kier alpha value is -2.31. The zero-order valence-electron chi connectivity index (χ0n) is 11.8. The maximum absolute atomic E-state index is 11.7. The monoisotopic (exact) mass is 280 g/mol. The second-order valence-corrected chi connectivity index (χ2v) is 4.15. The molecule has 7 heteroatoms. The molecule has 1 unspecified atom stereocenters. The molecule has 0 fully saturated rings. The van der Waals surface area contributed by atoms with Crippen molar-refractivity contribution < 1.29 is 23.7 Å². The molecule has 108 valence electrons. The molecule has 2 heterocycles. The summed E-state index contributed by atoms with van der Waals surface area (Å²) < 4.78 is 20.6. The topological polar surface area (TPSA) is 79.8 Å². The molecule has 1 aromatic rings. The Morgan fingerprint density at radius 3 is 2.30 bits per heavy atom. The number of aromatic nitrogens is 2. The summed E-state index contributed by atoms with van der Waals surface area (Å²) in [4.78, 5) is 19.8. The van der Waals surface area contributed by atoms with E-state index < -0.39 is 5.97 Å². The first-order valence-electron chi connectivity index (χ1n) is 6.15. The quantitative estimate of drug-likeness (QED) is 0.756. The molecular formula is C13H16N2O5. The Balaban J connectivity index is 2.30. The fraction of sp³-hybridized carbons (Fsp3) is 0.462. The smallest absolute Gasteiger partial charge is 0.375 e. The van der Waals surface area contributed by atoms with Gasteiger partial charge in [-0.15, -0.1) is 0 Å². The molecule has 1 aliphatic heterocycles. The number of carbonyl (C=O) groups excluding carboxylic acids is 1. The summed E-state index contributed by atoms with van der Waals surface area (Å²) in [6, 6.07) is 1.49. The van der Waals surface area contributed by atoms with Gasteiger partial charge in [-0.3, -0.25) is 0 Å². The minimum Gasteiger partial charge on any atom is -0.481 e. The first kappa shape index (κ1) is 14.1. The summed E-state index contributed by atoms with van der Waals surface area (Å²) in [5, 5.41) is 0. The number of hydrogen-bond donors (Lipinski definition) is 0. The van der Waals surface area contributed by atoms with Crippen LogP contribution in [-0.4, -0.2) is 36.3 Å². The average Bonchev–Trinajstić information content (AvgIpc) is 2.74. The minimum atomic E-state index is -0.514. The summed E-state index contributed by atoms with van der Waals surface area (Å²) in [7, 11) is 2.93. The van der Waals surface area contributed by atoms with Crippen LogP contribution < -0.4 is 14.2 Å². The summed E-state index contributed by atoms with van der Waals surface area (Å²) in [5.74, 6) is 0.166. The number of hydrogen-bond acceptors (Lipinski definition) is 7. The van der Waals surface area contributed by atoms with Gasteiger partial charge in [0.25, 0.3) is 0 Å². The third-order valence-corrected chi connectivity index (χ3v) is 2.92. The Kier molecular flexibility index (Phi) is 4.07. The standard InChI is InChI=1S/C13H16N2O5/c1-5-8-7(2)11(12(16)19-8)20-13-14-9(17-3)6-10(15-13)18-4/h6,8H,5H2,1-4H3. The van der Waals surface area contributed by atoms with E-state index in [1.807, 2.05) is 6.92 Å². The van der Waals surface area contributed by atoms with Gasteiger partial charge in [-0.1, -0.05) is 6.92 Å². The predicted molar refractivity (Wildman–Crippen MR) is 68.6 cm³/mol. The summed E-state index contributed by atoms with van der Waals surface area (Å²) >= 11 is 0. The Morgan fingerprint density at radius 1 is 1.25 bits per heavy atom. The van der Waals surface area contributed by atoms with E-state index in [2.05, 4.69) is 9.97 Å². The summed E-state index contributed by atoms with van der Waals surface area (Å²) in [6.45, 7) is 3.71. The molecule has 0 bridgehead atoms. The van der Waals surface area contributed by atoms with Crippen molar-refractivity contribution in [1.29, 1.82) is 0 Å². The van der Waals surface area contributed by atoms with Crippen LogP contribution in [0.5, 0.6) is 17.8 Å². The van der Waals surface area contributed by atoms with Crippen LogP contribution in [0.1, 0.15) is 20.3 Å². The molecule has 0 radical (unpaired) electrons. The summed E-state index contributed by atoms with van der Waals surface area (Å²) in [6.07, 6.45) is 0.428. The van der Waals surface area contributed by atoms with Crippen molar-refractivity contribution in [3.63, 3.8) is 0 Å². The lowest BCUT2D eigenvalue weighted by molar-refractivity contribution is -0.141. The Bertz CT molecular complexity index is 533. The average molecular weight is 280 g/mol. The van der Waals surface area contributed by atoms with Crippen LogP contribution in [0.2, 0.25) is 0 Å². The van der Waals surface area contributed by atoms with Crippen LogP contribution in [-0.2, 0) is 9.53 Å². The molecule has 1 aliphatic rings. The number of methoxy groups -OCH3 is 2. The highest BCUT2D eigenvalue weighted by Crippen LogP contribution is 2.27. The van der Waals surface area contributed by atoms with Crippen LogP contribution in [0.4, 0.5) is 0 Å². The maximum atomic E-state index is 11.7. The number of esters is 1. The van der Waals surface area contributed by atoms with Crippen molar-refractivity contribution in [3.8, 4) is 17.8 Å². The van der Waals surface area contributed by atoms with Crippen LogP contribution >= 0.6 is 0 Å². The Labute approximate surface area is 116 Å². The van der Waals surface area contributed by atoms with Gasteiger partial charge >= 0.3 is 12.0 Å². The van der Waals surface area contributed by atoms with E-state index in [0.29, 0.717) is 6.42 Å². The van der Waals surface area contributed by atoms with E-state index in [1.165, 1.54) is 20.3 Å². The molecule has 7 nitrogen and oxygen atoms in total. The van der Waals surface area contributed by atoms with Gasteiger partial charge < -0.3 is 18.9 Å². The van der Waals surface area contributed by atoms with E-state index in [1.54, 1.807) is 6.92 Å². The zero-order valence-corrected chi connectivity index (χ0v) is 11.8. The normalized spacial score (nSPS) is 18.0. The second-order valence-electron chi connectivity index (χ2n) is 4.15. The van der Waals surface area contributed by atoms with Crippen molar-refractivity contribution in [2.75, 3.05) is 14.2 Å². The number of carbonyl (C=O) groups is 1. The molecule has 1 aromatic heterocycles. The van der Waals surface area contributed by atoms with Gasteiger partial charge in [0.1, 0.15) is 6.10 Å². The molecule has 0 saturated heterocycles. The van der Waals surface area contributed by atoms with Gasteiger partial charge in [0.05, 0.1) is 20.3 Å². The van der Waals surface area contributed by atoms with E-state index in [-0.39, 0.29) is 29.6 Å². The molecule has 20 heavy (non-hydrogen) atoms. The first-order valence-corrected chi connectivity index (χ1v) is 6.15. The van der Waals surface area contributed by atoms with Crippen molar-refractivity contribution in [1.82, 2.24) is 9.97 Å². The lowest BCUT2D eigenvalue weighted by Gasteiger charge is -2.07. The lowest BCUT2D eigenvalue weighted by Crippen LogP contribution is -2.10. The molecular weight excluding hydrogens is 264 g/mol.